The predicted molar refractivity (Wildman–Crippen MR) is 69.4 cm³/mol. The fraction of sp³-hybridized carbons (Fsp3) is 0.909. The smallest absolute Gasteiger partial charge is 0.402 e. The van der Waals surface area contributed by atoms with Crippen molar-refractivity contribution >= 4 is 26.2 Å². The first-order valence-electron chi connectivity index (χ1n) is 6.74. The van der Waals surface area contributed by atoms with Crippen molar-refractivity contribution in [3.63, 3.8) is 0 Å². The van der Waals surface area contributed by atoms with E-state index >= 15 is 0 Å². The van der Waals surface area contributed by atoms with Crippen LogP contribution in [-0.4, -0.2) is 50.1 Å². The number of ether oxygens (including phenoxy) is 1. The molecule has 3 fully saturated rings. The van der Waals surface area contributed by atoms with E-state index < -0.39 is 60.8 Å². The van der Waals surface area contributed by atoms with Crippen LogP contribution in [0.2, 0.25) is 0 Å². The van der Waals surface area contributed by atoms with Gasteiger partial charge in [-0.1, -0.05) is 0 Å². The standard InChI is InChI=1S/C11H14F2O8S2/c1-10-3-5-2-6(10)8(22(15,16)21-10)7(5)9(14)20-4-11(12,13)23(17,18)19/h5-8H,2-4H2,1H3,(H,17,18,19). The zero-order chi connectivity index (χ0) is 17.4. The highest BCUT2D eigenvalue weighted by Gasteiger charge is 2.71. The number of alkyl halides is 2. The summed E-state index contributed by atoms with van der Waals surface area (Å²) in [4.78, 5) is 12.0. The summed E-state index contributed by atoms with van der Waals surface area (Å²) in [6.07, 6.45) is 0.677. The van der Waals surface area contributed by atoms with Gasteiger partial charge in [0.2, 0.25) is 0 Å². The van der Waals surface area contributed by atoms with E-state index in [9.17, 15) is 30.4 Å². The molecule has 1 heterocycles. The Bertz CT molecular complexity index is 761. The largest absolute Gasteiger partial charge is 0.458 e. The van der Waals surface area contributed by atoms with Gasteiger partial charge in [0.05, 0.1) is 11.5 Å². The van der Waals surface area contributed by atoms with Crippen LogP contribution in [0.25, 0.3) is 0 Å². The topological polar surface area (TPSA) is 124 Å². The van der Waals surface area contributed by atoms with Crippen molar-refractivity contribution in [1.29, 1.82) is 0 Å². The first-order valence-corrected chi connectivity index (χ1v) is 9.66. The van der Waals surface area contributed by atoms with Crippen molar-refractivity contribution in [3.8, 4) is 0 Å². The minimum Gasteiger partial charge on any atom is -0.458 e. The summed E-state index contributed by atoms with van der Waals surface area (Å²) >= 11 is 0. The molecule has 12 heteroatoms. The van der Waals surface area contributed by atoms with Crippen molar-refractivity contribution in [3.05, 3.63) is 0 Å². The number of carbonyl (C=O) groups excluding carboxylic acids is 1. The van der Waals surface area contributed by atoms with E-state index in [1.807, 2.05) is 0 Å². The van der Waals surface area contributed by atoms with Crippen LogP contribution in [0.3, 0.4) is 0 Å². The first-order chi connectivity index (χ1) is 10.3. The minimum absolute atomic E-state index is 0.280. The van der Waals surface area contributed by atoms with Crippen molar-refractivity contribution in [1.82, 2.24) is 0 Å². The second-order valence-corrected chi connectivity index (χ2v) is 9.65. The van der Waals surface area contributed by atoms with Gasteiger partial charge in [0, 0.05) is 5.92 Å². The van der Waals surface area contributed by atoms with Gasteiger partial charge < -0.3 is 4.74 Å². The fourth-order valence-electron chi connectivity index (χ4n) is 4.05. The summed E-state index contributed by atoms with van der Waals surface area (Å²) in [5.41, 5.74) is -0.886. The highest BCUT2D eigenvalue weighted by Crippen LogP contribution is 2.62. The highest BCUT2D eigenvalue weighted by molar-refractivity contribution is 7.87. The average Bonchev–Trinajstić information content (AvgIpc) is 2.90. The average molecular weight is 376 g/mol. The Morgan fingerprint density at radius 1 is 1.48 bits per heavy atom. The fourth-order valence-corrected chi connectivity index (χ4v) is 6.59. The quantitative estimate of drug-likeness (QED) is 0.418. The van der Waals surface area contributed by atoms with E-state index in [0.717, 1.165) is 0 Å². The van der Waals surface area contributed by atoms with Gasteiger partial charge in [-0.25, -0.2) is 0 Å². The SMILES string of the molecule is CC12CC3CC1C(C3C(=O)OCC(F)(F)S(=O)(=O)O)S(=O)(=O)O2. The molecule has 2 saturated carbocycles. The van der Waals surface area contributed by atoms with Crippen LogP contribution in [0.1, 0.15) is 19.8 Å². The highest BCUT2D eigenvalue weighted by atomic mass is 32.2. The Labute approximate surface area is 131 Å². The van der Waals surface area contributed by atoms with Crippen LogP contribution in [0, 0.1) is 17.8 Å². The number of esters is 1. The van der Waals surface area contributed by atoms with Crippen molar-refractivity contribution in [2.75, 3.05) is 6.61 Å². The predicted octanol–water partition coefficient (Wildman–Crippen LogP) is 0.154. The van der Waals surface area contributed by atoms with Gasteiger partial charge in [-0.15, -0.1) is 0 Å². The maximum atomic E-state index is 13.1. The Morgan fingerprint density at radius 3 is 2.65 bits per heavy atom. The zero-order valence-electron chi connectivity index (χ0n) is 11.8. The zero-order valence-corrected chi connectivity index (χ0v) is 13.4. The molecule has 8 nitrogen and oxygen atoms in total. The van der Waals surface area contributed by atoms with E-state index in [-0.39, 0.29) is 12.3 Å². The lowest BCUT2D eigenvalue weighted by atomic mass is 9.80. The summed E-state index contributed by atoms with van der Waals surface area (Å²) < 4.78 is 89.0. The van der Waals surface area contributed by atoms with Gasteiger partial charge in [-0.2, -0.15) is 25.6 Å². The molecule has 1 saturated heterocycles. The van der Waals surface area contributed by atoms with Crippen LogP contribution >= 0.6 is 0 Å². The minimum atomic E-state index is -5.73. The Balaban J connectivity index is 1.78. The molecule has 5 unspecified atom stereocenters. The number of halogens is 2. The van der Waals surface area contributed by atoms with Crippen LogP contribution in [0.4, 0.5) is 8.78 Å². The van der Waals surface area contributed by atoms with Crippen LogP contribution < -0.4 is 0 Å². The van der Waals surface area contributed by atoms with Gasteiger partial charge in [0.15, 0.2) is 6.61 Å². The number of carbonyl (C=O) groups is 1. The number of hydrogen-bond donors (Lipinski definition) is 1. The molecule has 1 aliphatic heterocycles. The molecule has 3 rings (SSSR count). The summed E-state index contributed by atoms with van der Waals surface area (Å²) in [6, 6.07) is 0. The van der Waals surface area contributed by atoms with E-state index in [4.69, 9.17) is 8.74 Å². The van der Waals surface area contributed by atoms with E-state index in [1.54, 1.807) is 6.92 Å². The second kappa shape index (κ2) is 4.61. The van der Waals surface area contributed by atoms with Crippen molar-refractivity contribution in [2.45, 2.75) is 35.9 Å². The third-order valence-electron chi connectivity index (χ3n) is 4.94. The lowest BCUT2D eigenvalue weighted by Crippen LogP contribution is -2.42. The van der Waals surface area contributed by atoms with Crippen LogP contribution in [-0.2, 0) is 34.0 Å². The van der Waals surface area contributed by atoms with Gasteiger partial charge in [0.25, 0.3) is 10.1 Å². The third-order valence-corrected chi connectivity index (χ3v) is 7.71. The summed E-state index contributed by atoms with van der Waals surface area (Å²) in [5, 5.41) is -5.82. The maximum Gasteiger partial charge on any atom is 0.402 e. The molecule has 1 N–H and O–H groups in total. The van der Waals surface area contributed by atoms with Crippen LogP contribution in [0.5, 0.6) is 0 Å². The molecule has 2 bridgehead atoms. The number of hydrogen-bond acceptors (Lipinski definition) is 7. The molecule has 0 aromatic carbocycles. The summed E-state index contributed by atoms with van der Waals surface area (Å²) in [7, 11) is -9.75. The molecule has 0 aromatic heterocycles. The van der Waals surface area contributed by atoms with E-state index in [1.165, 1.54) is 0 Å². The molecule has 0 amide bonds. The Kier molecular flexibility index (Phi) is 3.41. The monoisotopic (exact) mass is 376 g/mol. The first kappa shape index (κ1) is 17.0. The molecule has 0 spiro atoms. The molecular weight excluding hydrogens is 362 g/mol. The van der Waals surface area contributed by atoms with Crippen molar-refractivity contribution in [2.24, 2.45) is 17.8 Å². The number of rotatable bonds is 4. The normalized spacial score (nSPS) is 41.2. The Hall–Kier alpha value is -0.850. The molecule has 132 valence electrons. The van der Waals surface area contributed by atoms with Crippen molar-refractivity contribution < 1.29 is 43.9 Å². The van der Waals surface area contributed by atoms with Gasteiger partial charge in [-0.3, -0.25) is 13.5 Å². The molecule has 0 aromatic rings. The lowest BCUT2D eigenvalue weighted by molar-refractivity contribution is -0.156. The molecule has 5 atom stereocenters. The van der Waals surface area contributed by atoms with Gasteiger partial charge >= 0.3 is 21.3 Å². The van der Waals surface area contributed by atoms with Gasteiger partial charge in [-0.05, 0) is 25.7 Å². The number of fused-ring (bicyclic) bond motifs is 1. The van der Waals surface area contributed by atoms with Gasteiger partial charge in [0.1, 0.15) is 5.25 Å². The second-order valence-electron chi connectivity index (χ2n) is 6.41. The molecule has 0 radical (unpaired) electrons. The Morgan fingerprint density at radius 2 is 2.09 bits per heavy atom. The molecule has 23 heavy (non-hydrogen) atoms. The van der Waals surface area contributed by atoms with Crippen LogP contribution in [0.15, 0.2) is 0 Å². The molecule has 2 aliphatic carbocycles. The summed E-state index contributed by atoms with van der Waals surface area (Å²) in [6.45, 7) is -0.243. The maximum absolute atomic E-state index is 13.1. The molecular formula is C11H14F2O8S2. The van der Waals surface area contributed by atoms with E-state index in [0.29, 0.717) is 6.42 Å². The third kappa shape index (κ3) is 2.37. The van der Waals surface area contributed by atoms with E-state index in [2.05, 4.69) is 4.74 Å². The summed E-state index contributed by atoms with van der Waals surface area (Å²) in [5.74, 6) is -3.20. The molecule has 3 aliphatic rings. The lowest BCUT2D eigenvalue weighted by Gasteiger charge is -2.28.